The summed E-state index contributed by atoms with van der Waals surface area (Å²) in [4.78, 5) is 15.6. The predicted molar refractivity (Wildman–Crippen MR) is 72.7 cm³/mol. The Morgan fingerprint density at radius 2 is 2.10 bits per heavy atom. The van der Waals surface area contributed by atoms with Crippen molar-refractivity contribution in [2.75, 3.05) is 6.61 Å². The number of pyridine rings is 1. The van der Waals surface area contributed by atoms with Gasteiger partial charge in [0.25, 0.3) is 5.91 Å². The molecule has 104 valence electrons. The Labute approximate surface area is 116 Å². The van der Waals surface area contributed by atoms with Crippen molar-refractivity contribution in [2.45, 2.75) is 13.5 Å². The fourth-order valence-electron chi connectivity index (χ4n) is 1.58. The molecule has 5 heteroatoms. The molecule has 2 rings (SSSR count). The average molecular weight is 274 g/mol. The Morgan fingerprint density at radius 3 is 2.80 bits per heavy atom. The van der Waals surface area contributed by atoms with E-state index in [4.69, 9.17) is 4.74 Å². The minimum absolute atomic E-state index is 0.126. The number of aryl methyl sites for hydroxylation is 1. The molecule has 0 aliphatic carbocycles. The molecule has 0 aliphatic rings. The van der Waals surface area contributed by atoms with Crippen LogP contribution in [0.4, 0.5) is 4.39 Å². The second-order valence-electron chi connectivity index (χ2n) is 4.29. The van der Waals surface area contributed by atoms with E-state index in [9.17, 15) is 9.18 Å². The molecule has 0 atom stereocenters. The fraction of sp³-hybridized carbons (Fsp3) is 0.200. The fourth-order valence-corrected chi connectivity index (χ4v) is 1.58. The Balaban J connectivity index is 1.78. The van der Waals surface area contributed by atoms with Crippen LogP contribution in [0.5, 0.6) is 5.75 Å². The average Bonchev–Trinajstić information content (AvgIpc) is 2.46. The van der Waals surface area contributed by atoms with Crippen LogP contribution >= 0.6 is 0 Å². The van der Waals surface area contributed by atoms with E-state index in [1.165, 1.54) is 6.07 Å². The number of benzene rings is 1. The summed E-state index contributed by atoms with van der Waals surface area (Å²) < 4.78 is 18.6. The third kappa shape index (κ3) is 4.05. The monoisotopic (exact) mass is 274 g/mol. The van der Waals surface area contributed by atoms with Crippen molar-refractivity contribution in [3.8, 4) is 5.75 Å². The lowest BCUT2D eigenvalue weighted by atomic mass is 10.2. The van der Waals surface area contributed by atoms with E-state index in [1.807, 2.05) is 6.92 Å². The van der Waals surface area contributed by atoms with E-state index in [-0.39, 0.29) is 24.9 Å². The summed E-state index contributed by atoms with van der Waals surface area (Å²) in [6.45, 7) is 1.88. The van der Waals surface area contributed by atoms with Crippen molar-refractivity contribution < 1.29 is 13.9 Å². The number of hydrogen-bond donors (Lipinski definition) is 1. The van der Waals surface area contributed by atoms with Crippen molar-refractivity contribution in [3.63, 3.8) is 0 Å². The van der Waals surface area contributed by atoms with Gasteiger partial charge in [-0.3, -0.25) is 9.78 Å². The van der Waals surface area contributed by atoms with Crippen LogP contribution in [0.15, 0.2) is 42.6 Å². The van der Waals surface area contributed by atoms with Crippen LogP contribution in [0.2, 0.25) is 0 Å². The lowest BCUT2D eigenvalue weighted by Gasteiger charge is -2.08. The van der Waals surface area contributed by atoms with Gasteiger partial charge in [0, 0.05) is 17.8 Å². The van der Waals surface area contributed by atoms with E-state index in [2.05, 4.69) is 10.3 Å². The SMILES string of the molecule is Cc1ccc(OCC(=O)NCc2ccccc2F)cn1. The molecule has 0 fully saturated rings. The van der Waals surface area contributed by atoms with Gasteiger partial charge < -0.3 is 10.1 Å². The molecule has 2 aromatic rings. The first kappa shape index (κ1) is 14.0. The number of nitrogens with zero attached hydrogens (tertiary/aromatic N) is 1. The predicted octanol–water partition coefficient (Wildman–Crippen LogP) is 2.22. The summed E-state index contributed by atoms with van der Waals surface area (Å²) in [5.41, 5.74) is 1.32. The van der Waals surface area contributed by atoms with Crippen LogP contribution in [0, 0.1) is 12.7 Å². The van der Waals surface area contributed by atoms with Gasteiger partial charge in [0.05, 0.1) is 6.20 Å². The molecule has 4 nitrogen and oxygen atoms in total. The number of carbonyl (C=O) groups is 1. The third-order valence-corrected chi connectivity index (χ3v) is 2.69. The molecule has 0 bridgehead atoms. The van der Waals surface area contributed by atoms with Gasteiger partial charge in [-0.2, -0.15) is 0 Å². The quantitative estimate of drug-likeness (QED) is 0.909. The van der Waals surface area contributed by atoms with Crippen LogP contribution in [0.25, 0.3) is 0 Å². The topological polar surface area (TPSA) is 51.2 Å². The minimum atomic E-state index is -0.337. The maximum Gasteiger partial charge on any atom is 0.258 e. The van der Waals surface area contributed by atoms with Gasteiger partial charge in [0.15, 0.2) is 6.61 Å². The highest BCUT2D eigenvalue weighted by atomic mass is 19.1. The second-order valence-corrected chi connectivity index (χ2v) is 4.29. The Kier molecular flexibility index (Phi) is 4.65. The number of ether oxygens (including phenoxy) is 1. The molecule has 1 aromatic heterocycles. The molecule has 1 aromatic carbocycles. The molecule has 0 spiro atoms. The largest absolute Gasteiger partial charge is 0.482 e. The van der Waals surface area contributed by atoms with Crippen molar-refractivity contribution in [3.05, 3.63) is 59.7 Å². The van der Waals surface area contributed by atoms with Crippen LogP contribution < -0.4 is 10.1 Å². The zero-order chi connectivity index (χ0) is 14.4. The number of aromatic nitrogens is 1. The number of rotatable bonds is 5. The van der Waals surface area contributed by atoms with Gasteiger partial charge in [-0.05, 0) is 25.1 Å². The van der Waals surface area contributed by atoms with Crippen LogP contribution in [-0.4, -0.2) is 17.5 Å². The van der Waals surface area contributed by atoms with Crippen LogP contribution in [-0.2, 0) is 11.3 Å². The van der Waals surface area contributed by atoms with E-state index in [0.29, 0.717) is 11.3 Å². The van der Waals surface area contributed by atoms with Gasteiger partial charge in [-0.25, -0.2) is 4.39 Å². The van der Waals surface area contributed by atoms with Crippen LogP contribution in [0.1, 0.15) is 11.3 Å². The van der Waals surface area contributed by atoms with Crippen molar-refractivity contribution in [2.24, 2.45) is 0 Å². The number of halogens is 1. The number of hydrogen-bond acceptors (Lipinski definition) is 3. The highest BCUT2D eigenvalue weighted by Crippen LogP contribution is 2.08. The molecule has 20 heavy (non-hydrogen) atoms. The Bertz CT molecular complexity index is 585. The van der Waals surface area contributed by atoms with Crippen molar-refractivity contribution in [1.29, 1.82) is 0 Å². The first-order valence-electron chi connectivity index (χ1n) is 6.21. The minimum Gasteiger partial charge on any atom is -0.482 e. The number of nitrogens with one attached hydrogen (secondary N) is 1. The van der Waals surface area contributed by atoms with E-state index < -0.39 is 0 Å². The molecule has 1 amide bonds. The van der Waals surface area contributed by atoms with E-state index >= 15 is 0 Å². The molecule has 0 unspecified atom stereocenters. The molecule has 1 N–H and O–H groups in total. The van der Waals surface area contributed by atoms with Gasteiger partial charge >= 0.3 is 0 Å². The zero-order valence-corrected chi connectivity index (χ0v) is 11.1. The molecular formula is C15H15FN2O2. The lowest BCUT2D eigenvalue weighted by Crippen LogP contribution is -2.28. The molecule has 0 saturated heterocycles. The van der Waals surface area contributed by atoms with Gasteiger partial charge in [0.1, 0.15) is 11.6 Å². The smallest absolute Gasteiger partial charge is 0.258 e. The van der Waals surface area contributed by atoms with Crippen molar-refractivity contribution in [1.82, 2.24) is 10.3 Å². The molecular weight excluding hydrogens is 259 g/mol. The Hall–Kier alpha value is -2.43. The van der Waals surface area contributed by atoms with Gasteiger partial charge in [-0.1, -0.05) is 18.2 Å². The molecule has 0 saturated carbocycles. The molecule has 1 heterocycles. The Morgan fingerprint density at radius 1 is 1.30 bits per heavy atom. The van der Waals surface area contributed by atoms with E-state index in [1.54, 1.807) is 36.5 Å². The van der Waals surface area contributed by atoms with Gasteiger partial charge in [0.2, 0.25) is 0 Å². The normalized spacial score (nSPS) is 10.1. The molecule has 0 radical (unpaired) electrons. The second kappa shape index (κ2) is 6.65. The maximum atomic E-state index is 13.3. The standard InChI is InChI=1S/C15H15FN2O2/c1-11-6-7-13(9-17-11)20-10-15(19)18-8-12-4-2-3-5-14(12)16/h2-7,9H,8,10H2,1H3,(H,18,19). The number of amides is 1. The molecule has 0 aliphatic heterocycles. The highest BCUT2D eigenvalue weighted by Gasteiger charge is 2.05. The van der Waals surface area contributed by atoms with Gasteiger partial charge in [-0.15, -0.1) is 0 Å². The third-order valence-electron chi connectivity index (χ3n) is 2.69. The van der Waals surface area contributed by atoms with Crippen molar-refractivity contribution >= 4 is 5.91 Å². The summed E-state index contributed by atoms with van der Waals surface area (Å²) in [6.07, 6.45) is 1.56. The zero-order valence-electron chi connectivity index (χ0n) is 11.1. The maximum absolute atomic E-state index is 13.3. The first-order valence-corrected chi connectivity index (χ1v) is 6.21. The van der Waals surface area contributed by atoms with Crippen LogP contribution in [0.3, 0.4) is 0 Å². The number of carbonyl (C=O) groups excluding carboxylic acids is 1. The van der Waals surface area contributed by atoms with E-state index in [0.717, 1.165) is 5.69 Å². The summed E-state index contributed by atoms with van der Waals surface area (Å²) in [5, 5.41) is 2.60. The highest BCUT2D eigenvalue weighted by molar-refractivity contribution is 5.77. The summed E-state index contributed by atoms with van der Waals surface area (Å²) in [7, 11) is 0. The summed E-state index contributed by atoms with van der Waals surface area (Å²) in [5.74, 6) is -0.123. The summed E-state index contributed by atoms with van der Waals surface area (Å²) in [6, 6.07) is 9.85. The first-order chi connectivity index (χ1) is 9.65. The lowest BCUT2D eigenvalue weighted by molar-refractivity contribution is -0.123. The summed E-state index contributed by atoms with van der Waals surface area (Å²) >= 11 is 0.